The predicted octanol–water partition coefficient (Wildman–Crippen LogP) is 34.3. The second-order valence-corrected chi connectivity index (χ2v) is 36.0. The van der Waals surface area contributed by atoms with Crippen molar-refractivity contribution in [1.29, 1.82) is 0 Å². The van der Waals surface area contributed by atoms with Gasteiger partial charge in [-0.25, -0.2) is 4.98 Å². The number of hydrogen-bond donors (Lipinski definition) is 3. The van der Waals surface area contributed by atoms with Crippen molar-refractivity contribution in [2.24, 2.45) is 59.2 Å². The minimum Gasteiger partial charge on any atom is -0.508 e. The molecule has 0 amide bonds. The fraction of sp³-hybridized carbons (Fsp3) is 0.417. The number of nitrogens with one attached hydrogen (secondary N) is 2. The van der Waals surface area contributed by atoms with E-state index in [2.05, 4.69) is 394 Å². The number of nitrogens with zero attached hydrogens (tertiary/aromatic N) is 1. The van der Waals surface area contributed by atoms with Gasteiger partial charge in [-0.3, -0.25) is 0 Å². The first-order valence-electron chi connectivity index (χ1n) is 44.4. The van der Waals surface area contributed by atoms with Gasteiger partial charge in [0.05, 0.1) is 6.33 Å². The molecule has 2 aromatic heterocycles. The number of aromatic amines is 2. The van der Waals surface area contributed by atoms with Crippen LogP contribution in [0.3, 0.4) is 0 Å². The summed E-state index contributed by atoms with van der Waals surface area (Å²) in [6, 6.07) is 96.0. The van der Waals surface area contributed by atoms with E-state index in [9.17, 15) is 0 Å². The minimum atomic E-state index is 0. The molecule has 119 heavy (non-hydrogen) atoms. The molecule has 0 saturated heterocycles. The van der Waals surface area contributed by atoms with Gasteiger partial charge in [0.25, 0.3) is 0 Å². The fourth-order valence-electron chi connectivity index (χ4n) is 14.5. The highest BCUT2D eigenvalue weighted by molar-refractivity contribution is 5.86. The molecule has 642 valence electrons. The Kier molecular flexibility index (Phi) is 51.6. The number of hydrogen-bond acceptors (Lipinski definition) is 2. The molecule has 11 aromatic carbocycles. The maximum atomic E-state index is 9.03. The molecule has 0 bridgehead atoms. The first-order valence-corrected chi connectivity index (χ1v) is 44.4. The molecule has 0 aliphatic heterocycles. The summed E-state index contributed by atoms with van der Waals surface area (Å²) >= 11 is 0. The van der Waals surface area contributed by atoms with Crippen LogP contribution in [0.25, 0.3) is 54.7 Å². The third-order valence-corrected chi connectivity index (χ3v) is 20.6. The largest absolute Gasteiger partial charge is 0.508 e. The first-order chi connectivity index (χ1) is 55.8. The standard InChI is InChI=1S/C17H20.C16H18.2C14H16.C12H15N.C11H16O.C11H16.C10H20.C7H12N2.3CH4/c1-14(2)8-9-15-10-12-17(13-11-15)16-6-4-3-5-7-16;1-13(2)12-14-8-10-16(11-9-14)15-6-4-3-5-7-15;1-11(2)10-13-8-5-7-12-6-3-4-9-14(12)13;1-11(2)9-12-7-8-13-5-3-4-6-14(13)10-12;1-9(2)7-10-8-13-12-6-4-3-5-11(10)12;1-9(2)3-4-10-5-7-11(12)8-6-10;1-10(2)8-9-11-6-4-3-5-7-11;1-9(2)8-10-6-4-3-5-7-10;1-6(2)3-7-4-8-5-9-7;;;/h3-7,10-14H,8-9H2,1-2H3;3-11,13H,12H2,1-2H3;3-9,11H,10H2,1-2H3;3-8,10-11H,9H2,1-2H3;3-6,8-9,13H,7H2,1-2H3;5-9,12H,3-4H2,1-2H3;3-7,10H,8-9H2,1-2H3;9-10H,3-8H2,1-2H3;4-6H,3H2,1-2H3,(H,8,9);3*1H4. The lowest BCUT2D eigenvalue weighted by atomic mass is 9.84. The molecule has 0 spiro atoms. The lowest BCUT2D eigenvalue weighted by molar-refractivity contribution is 0.305. The van der Waals surface area contributed by atoms with Crippen molar-refractivity contribution in [3.05, 3.63) is 336 Å². The van der Waals surface area contributed by atoms with Gasteiger partial charge in [-0.15, -0.1) is 0 Å². The summed E-state index contributed by atoms with van der Waals surface area (Å²) in [5.41, 5.74) is 17.6. The van der Waals surface area contributed by atoms with E-state index < -0.39 is 0 Å². The molecule has 4 nitrogen and oxygen atoms in total. The Hall–Kier alpha value is -9.51. The molecular weight excluding hydrogens is 1440 g/mol. The van der Waals surface area contributed by atoms with Crippen molar-refractivity contribution in [1.82, 2.24) is 15.0 Å². The maximum Gasteiger partial charge on any atom is 0.115 e. The second-order valence-electron chi connectivity index (χ2n) is 36.0. The Balaban J connectivity index is 0.000000347. The smallest absolute Gasteiger partial charge is 0.115 e. The zero-order valence-electron chi connectivity index (χ0n) is 74.9. The van der Waals surface area contributed by atoms with Gasteiger partial charge in [-0.2, -0.15) is 0 Å². The van der Waals surface area contributed by atoms with Gasteiger partial charge in [0.1, 0.15) is 5.75 Å². The number of imidazole rings is 1. The monoisotopic (exact) mass is 1600 g/mol. The average Bonchev–Trinajstić information content (AvgIpc) is 1.82. The van der Waals surface area contributed by atoms with E-state index in [4.69, 9.17) is 5.11 Å². The Bertz CT molecular complexity index is 4580. The molecule has 2 heterocycles. The number of rotatable bonds is 23. The van der Waals surface area contributed by atoms with E-state index >= 15 is 0 Å². The highest BCUT2D eigenvalue weighted by Gasteiger charge is 2.14. The summed E-state index contributed by atoms with van der Waals surface area (Å²) in [4.78, 5) is 10.3. The van der Waals surface area contributed by atoms with Crippen LogP contribution in [0, 0.1) is 59.2 Å². The van der Waals surface area contributed by atoms with E-state index in [0.717, 1.165) is 78.9 Å². The Labute approximate surface area is 727 Å². The third kappa shape index (κ3) is 43.9. The van der Waals surface area contributed by atoms with Crippen LogP contribution >= 0.6 is 0 Å². The number of aromatic nitrogens is 3. The number of H-pyrrole nitrogens is 2. The molecule has 1 aliphatic carbocycles. The highest BCUT2D eigenvalue weighted by atomic mass is 16.3. The van der Waals surface area contributed by atoms with Crippen LogP contribution in [0.2, 0.25) is 0 Å². The van der Waals surface area contributed by atoms with Crippen molar-refractivity contribution >= 4 is 32.4 Å². The Morgan fingerprint density at radius 2 is 0.706 bits per heavy atom. The molecule has 1 fully saturated rings. The molecule has 1 saturated carbocycles. The van der Waals surface area contributed by atoms with Crippen molar-refractivity contribution in [2.45, 2.75) is 256 Å². The molecule has 14 rings (SSSR count). The van der Waals surface area contributed by atoms with Gasteiger partial charge in [-0.05, 0) is 237 Å². The summed E-state index contributed by atoms with van der Waals surface area (Å²) in [5.74, 6) is 8.31. The van der Waals surface area contributed by atoms with E-state index in [1.165, 1.54) is 183 Å². The number of fused-ring (bicyclic) bond motifs is 3. The summed E-state index contributed by atoms with van der Waals surface area (Å²) in [5, 5.41) is 15.9. The van der Waals surface area contributed by atoms with Crippen LogP contribution in [-0.2, 0) is 51.4 Å². The normalized spacial score (nSPS) is 11.5. The summed E-state index contributed by atoms with van der Waals surface area (Å²) in [6.07, 6.45) is 27.8. The zero-order valence-corrected chi connectivity index (χ0v) is 74.9. The van der Waals surface area contributed by atoms with Crippen LogP contribution in [0.5, 0.6) is 5.75 Å². The van der Waals surface area contributed by atoms with Crippen molar-refractivity contribution in [3.8, 4) is 28.0 Å². The number of phenols is 1. The quantitative estimate of drug-likeness (QED) is 0.0598. The average molecular weight is 1600 g/mol. The van der Waals surface area contributed by atoms with Crippen LogP contribution in [0.1, 0.15) is 249 Å². The van der Waals surface area contributed by atoms with Crippen molar-refractivity contribution < 1.29 is 5.11 Å². The molecule has 0 atom stereocenters. The van der Waals surface area contributed by atoms with Gasteiger partial charge in [0.2, 0.25) is 0 Å². The highest BCUT2D eigenvalue weighted by Crippen LogP contribution is 2.30. The molecule has 1 aliphatic rings. The summed E-state index contributed by atoms with van der Waals surface area (Å²) in [7, 11) is 0. The van der Waals surface area contributed by atoms with E-state index in [1.807, 2.05) is 18.3 Å². The topological polar surface area (TPSA) is 64.7 Å². The SMILES string of the molecule is C.C.C.CC(C)CC1CCCCC1.CC(C)CCc1ccc(-c2ccccc2)cc1.CC(C)CCc1ccc(O)cc1.CC(C)CCc1ccccc1.CC(C)Cc1c[nH]c2ccccc12.CC(C)Cc1ccc(-c2ccccc2)cc1.CC(C)Cc1ccc2ccccc2c1.CC(C)Cc1cccc2ccccc12.CC(C)Cc1cnc[nH]1. The minimum absolute atomic E-state index is 0. The number of para-hydroxylation sites is 1. The lowest BCUT2D eigenvalue weighted by Crippen LogP contribution is -2.08. The van der Waals surface area contributed by atoms with E-state index in [-0.39, 0.29) is 22.3 Å². The molecular formula is C115H161N3O. The molecule has 13 aromatic rings. The number of benzene rings is 11. The second kappa shape index (κ2) is 59.2. The number of aromatic hydroxyl groups is 1. The first kappa shape index (κ1) is 104. The summed E-state index contributed by atoms with van der Waals surface area (Å²) in [6.45, 7) is 40.7. The van der Waals surface area contributed by atoms with Crippen molar-refractivity contribution in [3.63, 3.8) is 0 Å². The van der Waals surface area contributed by atoms with Gasteiger partial charge in [0.15, 0.2) is 0 Å². The van der Waals surface area contributed by atoms with Crippen LogP contribution in [0.4, 0.5) is 0 Å². The van der Waals surface area contributed by atoms with E-state index in [1.54, 1.807) is 18.5 Å². The van der Waals surface area contributed by atoms with Gasteiger partial charge >= 0.3 is 0 Å². The van der Waals surface area contributed by atoms with E-state index in [0.29, 0.717) is 11.7 Å². The van der Waals surface area contributed by atoms with Gasteiger partial charge in [0, 0.05) is 29.0 Å². The number of aryl methyl sites for hydroxylation is 3. The third-order valence-electron chi connectivity index (χ3n) is 20.6. The van der Waals surface area contributed by atoms with Gasteiger partial charge in [-0.1, -0.05) is 434 Å². The van der Waals surface area contributed by atoms with Crippen LogP contribution in [-0.4, -0.2) is 20.1 Å². The molecule has 0 radical (unpaired) electrons. The van der Waals surface area contributed by atoms with Crippen molar-refractivity contribution in [2.75, 3.05) is 0 Å². The molecule has 3 N–H and O–H groups in total. The lowest BCUT2D eigenvalue weighted by Gasteiger charge is -2.22. The fourth-order valence-corrected chi connectivity index (χ4v) is 14.5. The van der Waals surface area contributed by atoms with Crippen LogP contribution < -0.4 is 0 Å². The maximum absolute atomic E-state index is 9.03. The molecule has 4 heteroatoms. The predicted molar refractivity (Wildman–Crippen MR) is 531 cm³/mol. The number of phenolic OH excluding ortho intramolecular Hbond substituents is 1. The van der Waals surface area contributed by atoms with Crippen LogP contribution in [0.15, 0.2) is 292 Å². The molecule has 0 unspecified atom stereocenters. The Morgan fingerprint density at radius 3 is 1.18 bits per heavy atom. The summed E-state index contributed by atoms with van der Waals surface area (Å²) < 4.78 is 0. The van der Waals surface area contributed by atoms with Gasteiger partial charge < -0.3 is 15.1 Å². The zero-order chi connectivity index (χ0) is 83.8. The Morgan fingerprint density at radius 1 is 0.311 bits per heavy atom.